The normalized spacial score (nSPS) is 19.1. The van der Waals surface area contributed by atoms with Crippen LogP contribution >= 0.6 is 0 Å². The van der Waals surface area contributed by atoms with E-state index in [1.54, 1.807) is 0 Å². The Balaban J connectivity index is 0.000000520. The van der Waals surface area contributed by atoms with Crippen LogP contribution in [0.2, 0.25) is 0 Å². The summed E-state index contributed by atoms with van der Waals surface area (Å²) in [6, 6.07) is 0. The number of amides is 2. The lowest BCUT2D eigenvalue weighted by Gasteiger charge is -2.27. The molecule has 4 aliphatic heterocycles. The van der Waals surface area contributed by atoms with Crippen molar-refractivity contribution in [3.63, 3.8) is 0 Å². The smallest absolute Gasteiger partial charge is 0.222 e. The number of carbonyl (C=O) groups is 8. The van der Waals surface area contributed by atoms with Crippen LogP contribution in [-0.2, 0) is 47.8 Å². The van der Waals surface area contributed by atoms with Crippen LogP contribution in [0.3, 0.4) is 0 Å². The number of ketones is 6. The molecule has 8 rings (SSSR count). The molecule has 4 aliphatic carbocycles. The van der Waals surface area contributed by atoms with Gasteiger partial charge in [0.15, 0.2) is 0 Å². The SMILES string of the molecule is CC(C)CC(=O)CC1CC1.CC(C)CC(=O)CC1CCC1.CC(C)CC(=O)CC1CCCC1.CC(C)CC(=O)CC1CCCC1.CC(C)CC(=O)CC1CCOC1.CC(C)CC(=O)CC1COC1.CC(C)CC(=O)N1CCCC1.CC(C)CC(=O)N1CCCCC1. The first-order chi connectivity index (χ1) is 43.0. The molecule has 12 nitrogen and oxygen atoms in total. The quantitative estimate of drug-likeness (QED) is 0.0737. The van der Waals surface area contributed by atoms with Crippen LogP contribution in [0.25, 0.3) is 0 Å². The molecule has 8 aliphatic rings. The Bertz CT molecular complexity index is 1820. The Morgan fingerprint density at radius 3 is 0.725 bits per heavy atom. The summed E-state index contributed by atoms with van der Waals surface area (Å²) in [5.74, 6) is 11.6. The second kappa shape index (κ2) is 51.2. The maximum Gasteiger partial charge on any atom is 0.222 e. The minimum atomic E-state index is 0.345. The van der Waals surface area contributed by atoms with E-state index in [2.05, 4.69) is 111 Å². The molecular weight excluding hydrogens is 1140 g/mol. The van der Waals surface area contributed by atoms with Crippen LogP contribution in [0, 0.1) is 82.9 Å². The number of piperidine rings is 1. The molecule has 0 aromatic carbocycles. The van der Waals surface area contributed by atoms with Gasteiger partial charge in [-0.2, -0.15) is 0 Å². The Morgan fingerprint density at radius 1 is 0.264 bits per heavy atom. The third kappa shape index (κ3) is 50.0. The van der Waals surface area contributed by atoms with Crippen molar-refractivity contribution in [2.45, 2.75) is 323 Å². The number of hydrogen-bond acceptors (Lipinski definition) is 10. The van der Waals surface area contributed by atoms with Crippen molar-refractivity contribution in [1.82, 2.24) is 9.80 Å². The molecule has 4 saturated carbocycles. The highest BCUT2D eigenvalue weighted by Crippen LogP contribution is 2.34. The molecule has 0 aromatic rings. The molecule has 91 heavy (non-hydrogen) atoms. The van der Waals surface area contributed by atoms with Gasteiger partial charge in [-0.05, 0) is 128 Å². The molecular formula is C79H144N2O10. The van der Waals surface area contributed by atoms with Crippen LogP contribution < -0.4 is 0 Å². The van der Waals surface area contributed by atoms with Crippen molar-refractivity contribution in [2.75, 3.05) is 52.6 Å². The van der Waals surface area contributed by atoms with Crippen LogP contribution in [0.1, 0.15) is 323 Å². The number of carbonyl (C=O) groups excluding carboxylic acids is 8. The lowest BCUT2D eigenvalue weighted by atomic mass is 9.81. The van der Waals surface area contributed by atoms with Gasteiger partial charge in [0.1, 0.15) is 34.7 Å². The third-order valence-electron chi connectivity index (χ3n) is 17.8. The fourth-order valence-corrected chi connectivity index (χ4v) is 12.8. The summed E-state index contributed by atoms with van der Waals surface area (Å²) in [6.07, 6.45) is 35.2. The number of nitrogens with zero attached hydrogens (tertiary/aromatic N) is 2. The van der Waals surface area contributed by atoms with Crippen LogP contribution in [-0.4, -0.2) is 109 Å². The van der Waals surface area contributed by atoms with E-state index in [0.717, 1.165) is 173 Å². The van der Waals surface area contributed by atoms with Gasteiger partial charge in [0.05, 0.1) is 13.2 Å². The first-order valence-electron chi connectivity index (χ1n) is 37.8. The van der Waals surface area contributed by atoms with Crippen LogP contribution in [0.5, 0.6) is 0 Å². The van der Waals surface area contributed by atoms with Crippen LogP contribution in [0.4, 0.5) is 0 Å². The van der Waals surface area contributed by atoms with Gasteiger partial charge < -0.3 is 19.3 Å². The maximum absolute atomic E-state index is 11.5. The van der Waals surface area contributed by atoms with Gasteiger partial charge in [-0.15, -0.1) is 0 Å². The predicted octanol–water partition coefficient (Wildman–Crippen LogP) is 18.9. The first kappa shape index (κ1) is 85.9. The highest BCUT2D eigenvalue weighted by Gasteiger charge is 2.26. The van der Waals surface area contributed by atoms with E-state index in [1.807, 2.05) is 9.80 Å². The summed E-state index contributed by atoms with van der Waals surface area (Å²) in [5.41, 5.74) is 0. The van der Waals surface area contributed by atoms with Gasteiger partial charge in [0.25, 0.3) is 0 Å². The second-order valence-corrected chi connectivity index (χ2v) is 32.4. The highest BCUT2D eigenvalue weighted by molar-refractivity contribution is 5.81. The third-order valence-corrected chi connectivity index (χ3v) is 17.8. The molecule has 4 heterocycles. The lowest BCUT2D eigenvalue weighted by Crippen LogP contribution is -2.36. The lowest BCUT2D eigenvalue weighted by molar-refractivity contribution is -0.133. The number of likely N-dealkylation sites (tertiary alicyclic amines) is 2. The van der Waals surface area contributed by atoms with Crippen molar-refractivity contribution in [1.29, 1.82) is 0 Å². The van der Waals surface area contributed by atoms with Gasteiger partial charge in [-0.25, -0.2) is 0 Å². The van der Waals surface area contributed by atoms with Crippen LogP contribution in [0.15, 0.2) is 0 Å². The van der Waals surface area contributed by atoms with Crippen molar-refractivity contribution >= 4 is 46.5 Å². The second-order valence-electron chi connectivity index (χ2n) is 32.4. The number of Topliss-reactive ketones (excluding diaryl/α,β-unsaturated/α-hetero) is 6. The average molecular weight is 1280 g/mol. The van der Waals surface area contributed by atoms with Gasteiger partial charge in [0, 0.05) is 135 Å². The Labute approximate surface area is 559 Å². The minimum Gasteiger partial charge on any atom is -0.381 e. The molecule has 0 N–H and O–H groups in total. The number of ether oxygens (including phenoxy) is 2. The van der Waals surface area contributed by atoms with Crippen molar-refractivity contribution in [3.05, 3.63) is 0 Å². The van der Waals surface area contributed by atoms with E-state index >= 15 is 0 Å². The highest BCUT2D eigenvalue weighted by atomic mass is 16.5. The van der Waals surface area contributed by atoms with E-state index in [9.17, 15) is 38.4 Å². The summed E-state index contributed by atoms with van der Waals surface area (Å²) in [5, 5.41) is 0. The fraction of sp³-hybridized carbons (Fsp3) is 0.899. The Hall–Kier alpha value is -3.12. The molecule has 2 amide bonds. The molecule has 12 heteroatoms. The minimum absolute atomic E-state index is 0.345. The monoisotopic (exact) mass is 1280 g/mol. The van der Waals surface area contributed by atoms with E-state index in [0.29, 0.717) is 106 Å². The van der Waals surface area contributed by atoms with E-state index in [1.165, 1.54) is 116 Å². The molecule has 4 saturated heterocycles. The number of hydrogen-bond donors (Lipinski definition) is 0. The zero-order chi connectivity index (χ0) is 68.3. The Morgan fingerprint density at radius 2 is 0.505 bits per heavy atom. The van der Waals surface area contributed by atoms with Gasteiger partial charge in [-0.1, -0.05) is 181 Å². The van der Waals surface area contributed by atoms with E-state index in [-0.39, 0.29) is 0 Å². The van der Waals surface area contributed by atoms with Crippen molar-refractivity contribution in [2.24, 2.45) is 82.9 Å². The van der Waals surface area contributed by atoms with E-state index in [4.69, 9.17) is 9.47 Å². The standard InChI is InChI=1S/2C11H20O.C10H19NO.C10H18O2.C10H18O.C9H17NO.C9H16O2.C9H16O/c2*1-9(2)7-11(12)8-10-5-3-4-6-10;1-9(2)8-10(12)11-6-4-3-5-7-11;1-8(2)5-10(11)6-9-3-4-12-7-9;1-8(2)6-10(11)7-9-4-3-5-9;1-8(2)7-9(11)10-5-3-4-6-10;1-7(2)3-9(10)4-8-5-11-6-8;1-7(2)5-9(10)6-8-3-4-8/h2*9-10H,3-8H2,1-2H3;9H,3-8H2,1-2H3;8-9H,3-7H2,1-2H3;8-9H,3-7H2,1-2H3;8H,3-7H2,1-2H3;7-8H,3-6H2,1-2H3;7-8H,3-6H2,1-2H3. The molecule has 0 bridgehead atoms. The van der Waals surface area contributed by atoms with Gasteiger partial charge in [-0.3, -0.25) is 38.4 Å². The molecule has 0 spiro atoms. The zero-order valence-electron chi connectivity index (χ0n) is 62.1. The van der Waals surface area contributed by atoms with Crippen molar-refractivity contribution in [3.8, 4) is 0 Å². The Kier molecular flexibility index (Phi) is 48.3. The topological polar surface area (TPSA) is 162 Å². The summed E-state index contributed by atoms with van der Waals surface area (Å²) in [4.78, 5) is 94.7. The fourth-order valence-electron chi connectivity index (χ4n) is 12.8. The number of rotatable bonds is 28. The predicted molar refractivity (Wildman–Crippen MR) is 377 cm³/mol. The molecule has 1 unspecified atom stereocenters. The molecule has 8 fully saturated rings. The first-order valence-corrected chi connectivity index (χ1v) is 37.8. The summed E-state index contributed by atoms with van der Waals surface area (Å²) >= 11 is 0. The molecule has 0 radical (unpaired) electrons. The van der Waals surface area contributed by atoms with E-state index < -0.39 is 0 Å². The molecule has 1 atom stereocenters. The van der Waals surface area contributed by atoms with Crippen molar-refractivity contribution < 1.29 is 47.8 Å². The largest absolute Gasteiger partial charge is 0.381 e. The van der Waals surface area contributed by atoms with Gasteiger partial charge in [0.2, 0.25) is 11.8 Å². The zero-order valence-corrected chi connectivity index (χ0v) is 62.1. The van der Waals surface area contributed by atoms with Gasteiger partial charge >= 0.3 is 0 Å². The average Bonchev–Trinajstić information content (AvgIpc) is 4.20. The molecule has 0 aromatic heterocycles. The summed E-state index contributed by atoms with van der Waals surface area (Å²) in [7, 11) is 0. The summed E-state index contributed by atoms with van der Waals surface area (Å²) < 4.78 is 10.2. The summed E-state index contributed by atoms with van der Waals surface area (Å²) in [6.45, 7) is 40.8. The molecule has 530 valence electrons. The maximum atomic E-state index is 11.5.